The molecule has 5 heteroatoms. The second-order valence-electron chi connectivity index (χ2n) is 12.9. The van der Waals surface area contributed by atoms with Gasteiger partial charge in [-0.05, 0) is 53.2 Å². The number of aromatic hydroxyl groups is 1. The molecule has 1 aromatic rings. The Balaban J connectivity index is 3.18. The van der Waals surface area contributed by atoms with Crippen molar-refractivity contribution in [1.82, 2.24) is 0 Å². The van der Waals surface area contributed by atoms with Crippen molar-refractivity contribution >= 4 is 29.5 Å². The second kappa shape index (κ2) is 17.8. The van der Waals surface area contributed by atoms with Crippen molar-refractivity contribution in [3.8, 4) is 5.75 Å². The largest absolute Gasteiger partial charge is 0.507 e. The van der Waals surface area contributed by atoms with E-state index in [0.717, 1.165) is 28.2 Å². The number of thioether (sulfide) groups is 2. The zero-order valence-corrected chi connectivity index (χ0v) is 27.5. The van der Waals surface area contributed by atoms with Crippen molar-refractivity contribution in [2.75, 3.05) is 11.5 Å². The van der Waals surface area contributed by atoms with Gasteiger partial charge in [0.05, 0.1) is 10.1 Å². The average Bonchev–Trinajstić information content (AvgIpc) is 2.80. The van der Waals surface area contributed by atoms with E-state index in [9.17, 15) is 15.0 Å². The molecule has 0 aromatic heterocycles. The van der Waals surface area contributed by atoms with Gasteiger partial charge in [0.15, 0.2) is 0 Å². The molecule has 0 saturated heterocycles. The molecular weight excluding hydrogens is 508 g/mol. The molecule has 3 nitrogen and oxygen atoms in total. The van der Waals surface area contributed by atoms with Gasteiger partial charge in [0.2, 0.25) is 0 Å². The summed E-state index contributed by atoms with van der Waals surface area (Å²) in [7, 11) is 0. The molecule has 1 rings (SSSR count). The SMILES string of the molecule is CCCCCCCCSC(Cc1c(C(=O)O)cc(C(C)(C)C)c(O)c1C(C)(C)C)SCCCCCCCC. The summed E-state index contributed by atoms with van der Waals surface area (Å²) in [6, 6.07) is 1.75. The lowest BCUT2D eigenvalue weighted by molar-refractivity contribution is 0.0695. The number of rotatable bonds is 19. The molecule has 0 unspecified atom stereocenters. The summed E-state index contributed by atoms with van der Waals surface area (Å²) in [5.74, 6) is 1.61. The van der Waals surface area contributed by atoms with E-state index in [1.165, 1.54) is 77.0 Å². The zero-order chi connectivity index (χ0) is 28.8. The summed E-state index contributed by atoms with van der Waals surface area (Å²) < 4.78 is 0.292. The molecule has 1 aromatic carbocycles. The molecule has 38 heavy (non-hydrogen) atoms. The molecule has 0 atom stereocenters. The van der Waals surface area contributed by atoms with Crippen LogP contribution in [0.5, 0.6) is 5.75 Å². The van der Waals surface area contributed by atoms with Gasteiger partial charge in [0.25, 0.3) is 0 Å². The Bertz CT molecular complexity index is 803. The fraction of sp³-hybridized carbons (Fsp3) is 0.788. The van der Waals surface area contributed by atoms with Crippen LogP contribution in [0.1, 0.15) is 159 Å². The number of unbranched alkanes of at least 4 members (excludes halogenated alkanes) is 10. The summed E-state index contributed by atoms with van der Waals surface area (Å²) in [4.78, 5) is 12.5. The topological polar surface area (TPSA) is 57.5 Å². The van der Waals surface area contributed by atoms with Gasteiger partial charge in [0.1, 0.15) is 5.75 Å². The first-order valence-corrected chi connectivity index (χ1v) is 17.3. The second-order valence-corrected chi connectivity index (χ2v) is 15.8. The van der Waals surface area contributed by atoms with Crippen LogP contribution in [0.15, 0.2) is 6.07 Å². The van der Waals surface area contributed by atoms with Crippen molar-refractivity contribution in [3.63, 3.8) is 0 Å². The third-order valence-electron chi connectivity index (χ3n) is 7.17. The lowest BCUT2D eigenvalue weighted by Gasteiger charge is -2.32. The first kappa shape index (κ1) is 35.2. The molecule has 2 N–H and O–H groups in total. The van der Waals surface area contributed by atoms with Crippen LogP contribution >= 0.6 is 23.5 Å². The van der Waals surface area contributed by atoms with Gasteiger partial charge < -0.3 is 10.2 Å². The minimum absolute atomic E-state index is 0.283. The van der Waals surface area contributed by atoms with Crippen LogP contribution in [0.3, 0.4) is 0 Å². The number of carboxylic acid groups (broad SMARTS) is 1. The number of phenolic OH excluding ortho intramolecular Hbond substituents is 1. The Morgan fingerprint density at radius 3 is 1.61 bits per heavy atom. The number of carbonyl (C=O) groups is 1. The molecule has 0 amide bonds. The Morgan fingerprint density at radius 2 is 1.21 bits per heavy atom. The Morgan fingerprint density at radius 1 is 0.763 bits per heavy atom. The Labute approximate surface area is 243 Å². The van der Waals surface area contributed by atoms with Gasteiger partial charge >= 0.3 is 5.97 Å². The number of carboxylic acids is 1. The lowest BCUT2D eigenvalue weighted by atomic mass is 9.75. The third kappa shape index (κ3) is 12.6. The molecule has 0 saturated carbocycles. The van der Waals surface area contributed by atoms with Crippen molar-refractivity contribution in [2.24, 2.45) is 0 Å². The van der Waals surface area contributed by atoms with E-state index in [2.05, 4.69) is 34.6 Å². The Hall–Kier alpha value is -0.810. The van der Waals surface area contributed by atoms with E-state index in [1.54, 1.807) is 6.07 Å². The maximum atomic E-state index is 12.5. The van der Waals surface area contributed by atoms with Crippen LogP contribution in [-0.2, 0) is 17.3 Å². The maximum absolute atomic E-state index is 12.5. The smallest absolute Gasteiger partial charge is 0.335 e. The molecular formula is C33H58O3S2. The monoisotopic (exact) mass is 566 g/mol. The quantitative estimate of drug-likeness (QED) is 0.129. The van der Waals surface area contributed by atoms with E-state index < -0.39 is 5.97 Å². The zero-order valence-electron chi connectivity index (χ0n) is 25.9. The van der Waals surface area contributed by atoms with E-state index in [1.807, 2.05) is 44.3 Å². The van der Waals surface area contributed by atoms with Gasteiger partial charge in [0, 0.05) is 11.1 Å². The predicted molar refractivity (Wildman–Crippen MR) is 172 cm³/mol. The van der Waals surface area contributed by atoms with Crippen molar-refractivity contribution < 1.29 is 15.0 Å². The number of aromatic carboxylic acids is 1. The first-order chi connectivity index (χ1) is 17.8. The van der Waals surface area contributed by atoms with Gasteiger partial charge in [-0.15, -0.1) is 23.5 Å². The summed E-state index contributed by atoms with van der Waals surface area (Å²) in [6.07, 6.45) is 16.1. The van der Waals surface area contributed by atoms with E-state index >= 15 is 0 Å². The van der Waals surface area contributed by atoms with Crippen molar-refractivity contribution in [1.29, 1.82) is 0 Å². The Kier molecular flexibility index (Phi) is 16.5. The standard InChI is InChI=1S/C33H58O3S2/c1-9-11-13-15-17-19-21-37-28(38-22-20-18-16-14-12-10-2)24-25-26(31(35)36)23-27(32(3,4)5)30(34)29(25)33(6,7)8/h23,28,34H,9-22,24H2,1-8H3,(H,35,36). The minimum atomic E-state index is -0.892. The van der Waals surface area contributed by atoms with E-state index in [4.69, 9.17) is 0 Å². The fourth-order valence-electron chi connectivity index (χ4n) is 5.02. The van der Waals surface area contributed by atoms with Gasteiger partial charge in [-0.1, -0.05) is 120 Å². The van der Waals surface area contributed by atoms with Crippen LogP contribution in [0.25, 0.3) is 0 Å². The van der Waals surface area contributed by atoms with Crippen LogP contribution in [0.4, 0.5) is 0 Å². The summed E-state index contributed by atoms with van der Waals surface area (Å²) in [6.45, 7) is 16.9. The fourth-order valence-corrected chi connectivity index (χ4v) is 7.82. The number of benzene rings is 1. The molecule has 0 aliphatic rings. The van der Waals surface area contributed by atoms with Crippen LogP contribution in [0, 0.1) is 0 Å². The molecule has 0 aliphatic carbocycles. The molecule has 0 heterocycles. The lowest BCUT2D eigenvalue weighted by Crippen LogP contribution is -2.23. The van der Waals surface area contributed by atoms with Crippen LogP contribution in [-0.4, -0.2) is 32.3 Å². The highest BCUT2D eigenvalue weighted by Gasteiger charge is 2.33. The van der Waals surface area contributed by atoms with E-state index in [0.29, 0.717) is 16.6 Å². The molecule has 0 radical (unpaired) electrons. The molecule has 0 spiro atoms. The summed E-state index contributed by atoms with van der Waals surface area (Å²) in [5, 5.41) is 21.8. The third-order valence-corrected chi connectivity index (χ3v) is 10.1. The van der Waals surface area contributed by atoms with Gasteiger partial charge in [-0.2, -0.15) is 0 Å². The van der Waals surface area contributed by atoms with Crippen molar-refractivity contribution in [3.05, 3.63) is 28.3 Å². The molecule has 220 valence electrons. The number of phenols is 1. The highest BCUT2D eigenvalue weighted by atomic mass is 32.2. The summed E-state index contributed by atoms with van der Waals surface area (Å²) >= 11 is 3.99. The van der Waals surface area contributed by atoms with Gasteiger partial charge in [-0.25, -0.2) is 4.79 Å². The average molecular weight is 567 g/mol. The molecule has 0 aliphatic heterocycles. The number of hydrogen-bond acceptors (Lipinski definition) is 4. The van der Waals surface area contributed by atoms with Crippen LogP contribution < -0.4 is 0 Å². The summed E-state index contributed by atoms with van der Waals surface area (Å²) in [5.41, 5.74) is 2.02. The first-order valence-electron chi connectivity index (χ1n) is 15.2. The number of hydrogen-bond donors (Lipinski definition) is 2. The normalized spacial score (nSPS) is 12.4. The predicted octanol–water partition coefficient (Wildman–Crippen LogP) is 10.7. The minimum Gasteiger partial charge on any atom is -0.507 e. The molecule has 0 bridgehead atoms. The highest BCUT2D eigenvalue weighted by molar-refractivity contribution is 8.17. The van der Waals surface area contributed by atoms with E-state index in [-0.39, 0.29) is 16.6 Å². The molecule has 0 fully saturated rings. The van der Waals surface area contributed by atoms with Crippen molar-refractivity contribution in [2.45, 2.75) is 154 Å². The highest BCUT2D eigenvalue weighted by Crippen LogP contribution is 2.44. The van der Waals surface area contributed by atoms with Gasteiger partial charge in [-0.3, -0.25) is 0 Å². The van der Waals surface area contributed by atoms with Crippen LogP contribution in [0.2, 0.25) is 0 Å². The maximum Gasteiger partial charge on any atom is 0.335 e.